The fourth-order valence-corrected chi connectivity index (χ4v) is 1.82. The zero-order valence-electron chi connectivity index (χ0n) is 7.74. The molecule has 0 aliphatic rings. The van der Waals surface area contributed by atoms with Crippen LogP contribution in [0.25, 0.3) is 6.08 Å². The topological polar surface area (TPSA) is 74.0 Å². The highest BCUT2D eigenvalue weighted by Gasteiger charge is 2.09. The molecular weight excluding hydrogens is 200 g/mol. The number of carbonyl (C=O) groups is 1. The van der Waals surface area contributed by atoms with E-state index >= 15 is 0 Å². The third-order valence-electron chi connectivity index (χ3n) is 1.57. The average Bonchev–Trinajstić information content (AvgIpc) is 2.40. The molecule has 4 nitrogen and oxygen atoms in total. The predicted molar refractivity (Wildman–Crippen MR) is 52.8 cm³/mol. The van der Waals surface area contributed by atoms with Gasteiger partial charge in [-0.25, -0.2) is 9.78 Å². The lowest BCUT2D eigenvalue weighted by molar-refractivity contribution is -0.132. The van der Waals surface area contributed by atoms with Gasteiger partial charge in [0.15, 0.2) is 0 Å². The van der Waals surface area contributed by atoms with E-state index in [1.807, 2.05) is 6.92 Å². The first kappa shape index (κ1) is 10.4. The van der Waals surface area contributed by atoms with Crippen LogP contribution < -0.4 is 0 Å². The van der Waals surface area contributed by atoms with Crippen LogP contribution in [0.15, 0.2) is 5.57 Å². The smallest absolute Gasteiger partial charge is 0.346 e. The zero-order chi connectivity index (χ0) is 10.7. The summed E-state index contributed by atoms with van der Waals surface area (Å²) in [5, 5.41) is 18.0. The molecule has 1 aromatic rings. The summed E-state index contributed by atoms with van der Waals surface area (Å²) in [6, 6.07) is 1.63. The van der Waals surface area contributed by atoms with Crippen molar-refractivity contribution in [3.8, 4) is 6.07 Å². The van der Waals surface area contributed by atoms with Crippen LogP contribution in [0.3, 0.4) is 0 Å². The van der Waals surface area contributed by atoms with Gasteiger partial charge in [-0.05, 0) is 19.9 Å². The van der Waals surface area contributed by atoms with E-state index in [-0.39, 0.29) is 5.57 Å². The highest BCUT2D eigenvalue weighted by atomic mass is 32.1. The minimum atomic E-state index is -1.21. The molecule has 72 valence electrons. The second-order valence-corrected chi connectivity index (χ2v) is 3.89. The Labute approximate surface area is 85.1 Å². The minimum Gasteiger partial charge on any atom is -0.477 e. The fraction of sp³-hybridized carbons (Fsp3) is 0.222. The number of aryl methyl sites for hydroxylation is 2. The number of aliphatic carboxylic acids is 1. The van der Waals surface area contributed by atoms with Crippen LogP contribution >= 0.6 is 11.3 Å². The first-order chi connectivity index (χ1) is 6.54. The number of hydrogen-bond donors (Lipinski definition) is 1. The minimum absolute atomic E-state index is 0.267. The second-order valence-electron chi connectivity index (χ2n) is 2.66. The Bertz CT molecular complexity index is 440. The van der Waals surface area contributed by atoms with Crippen molar-refractivity contribution in [1.29, 1.82) is 5.26 Å². The summed E-state index contributed by atoms with van der Waals surface area (Å²) in [5.41, 5.74) is 0.484. The Morgan fingerprint density at radius 3 is 2.64 bits per heavy atom. The van der Waals surface area contributed by atoms with Crippen molar-refractivity contribution in [2.24, 2.45) is 0 Å². The van der Waals surface area contributed by atoms with Crippen LogP contribution in [0.1, 0.15) is 15.6 Å². The molecule has 1 rings (SSSR count). The SMILES string of the molecule is Cc1nc(C)c(C=C(C#N)C(=O)O)s1. The van der Waals surface area contributed by atoms with Crippen LogP contribution in [-0.4, -0.2) is 16.1 Å². The standard InChI is InChI=1S/C9H8N2O2S/c1-5-8(14-6(2)11-5)3-7(4-10)9(12)13/h3H,1-2H3,(H,12,13). The molecule has 1 heterocycles. The highest BCUT2D eigenvalue weighted by Crippen LogP contribution is 2.20. The summed E-state index contributed by atoms with van der Waals surface area (Å²) in [5.74, 6) is -1.21. The van der Waals surface area contributed by atoms with Gasteiger partial charge in [0.25, 0.3) is 0 Å². The number of nitrogens with zero attached hydrogens (tertiary/aromatic N) is 2. The number of thiazole rings is 1. The predicted octanol–water partition coefficient (Wildman–Crippen LogP) is 1.75. The van der Waals surface area contributed by atoms with Crippen LogP contribution in [-0.2, 0) is 4.79 Å². The fourth-order valence-electron chi connectivity index (χ4n) is 0.954. The number of carboxylic acids is 1. The van der Waals surface area contributed by atoms with Crippen molar-refractivity contribution in [1.82, 2.24) is 4.98 Å². The third kappa shape index (κ3) is 2.18. The van der Waals surface area contributed by atoms with Gasteiger partial charge in [0.1, 0.15) is 11.6 Å². The molecule has 0 aliphatic carbocycles. The number of rotatable bonds is 2. The summed E-state index contributed by atoms with van der Waals surface area (Å²) < 4.78 is 0. The molecule has 0 bridgehead atoms. The van der Waals surface area contributed by atoms with Crippen LogP contribution in [0.2, 0.25) is 0 Å². The summed E-state index contributed by atoms with van der Waals surface area (Å²) in [6.07, 6.45) is 1.35. The Balaban J connectivity index is 3.14. The monoisotopic (exact) mass is 208 g/mol. The molecular formula is C9H8N2O2S. The summed E-state index contributed by atoms with van der Waals surface area (Å²) in [7, 11) is 0. The van der Waals surface area contributed by atoms with Gasteiger partial charge in [0.2, 0.25) is 0 Å². The molecule has 1 aromatic heterocycles. The third-order valence-corrected chi connectivity index (χ3v) is 2.59. The quantitative estimate of drug-likeness (QED) is 0.593. The maximum atomic E-state index is 10.5. The Morgan fingerprint density at radius 1 is 1.64 bits per heavy atom. The van der Waals surface area contributed by atoms with E-state index in [9.17, 15) is 4.79 Å². The number of aromatic nitrogens is 1. The van der Waals surface area contributed by atoms with E-state index in [0.29, 0.717) is 0 Å². The molecule has 0 amide bonds. The van der Waals surface area contributed by atoms with Gasteiger partial charge in [0, 0.05) is 0 Å². The van der Waals surface area contributed by atoms with Crippen LogP contribution in [0, 0.1) is 25.2 Å². The van der Waals surface area contributed by atoms with Gasteiger partial charge in [0.05, 0.1) is 15.6 Å². The number of hydrogen-bond acceptors (Lipinski definition) is 4. The highest BCUT2D eigenvalue weighted by molar-refractivity contribution is 7.12. The molecule has 0 saturated heterocycles. The molecule has 0 unspecified atom stereocenters. The molecule has 1 N–H and O–H groups in total. The second kappa shape index (κ2) is 4.03. The molecule has 0 aliphatic heterocycles. The van der Waals surface area contributed by atoms with Crippen molar-refractivity contribution in [3.63, 3.8) is 0 Å². The molecule has 0 saturated carbocycles. The number of nitriles is 1. The van der Waals surface area contributed by atoms with Gasteiger partial charge >= 0.3 is 5.97 Å². The van der Waals surface area contributed by atoms with E-state index in [1.54, 1.807) is 13.0 Å². The summed E-state index contributed by atoms with van der Waals surface area (Å²) in [6.45, 7) is 3.62. The van der Waals surface area contributed by atoms with E-state index in [0.717, 1.165) is 15.6 Å². The van der Waals surface area contributed by atoms with E-state index in [1.165, 1.54) is 17.4 Å². The zero-order valence-corrected chi connectivity index (χ0v) is 8.55. The molecule has 14 heavy (non-hydrogen) atoms. The van der Waals surface area contributed by atoms with Crippen molar-refractivity contribution in [2.45, 2.75) is 13.8 Å². The Kier molecular flexibility index (Phi) is 2.99. The van der Waals surface area contributed by atoms with Crippen molar-refractivity contribution in [3.05, 3.63) is 21.2 Å². The van der Waals surface area contributed by atoms with E-state index < -0.39 is 5.97 Å². The maximum Gasteiger partial charge on any atom is 0.346 e. The van der Waals surface area contributed by atoms with Crippen molar-refractivity contribution >= 4 is 23.4 Å². The van der Waals surface area contributed by atoms with E-state index in [2.05, 4.69) is 4.98 Å². The van der Waals surface area contributed by atoms with Crippen LogP contribution in [0.5, 0.6) is 0 Å². The summed E-state index contributed by atoms with van der Waals surface area (Å²) in [4.78, 5) is 15.4. The first-order valence-corrected chi connectivity index (χ1v) is 4.65. The molecule has 0 spiro atoms. The molecule has 0 fully saturated rings. The molecule has 0 atom stereocenters. The largest absolute Gasteiger partial charge is 0.477 e. The van der Waals surface area contributed by atoms with E-state index in [4.69, 9.17) is 10.4 Å². The molecule has 0 aromatic carbocycles. The lowest BCUT2D eigenvalue weighted by Gasteiger charge is -1.89. The molecule has 5 heteroatoms. The van der Waals surface area contributed by atoms with Gasteiger partial charge in [-0.15, -0.1) is 11.3 Å². The van der Waals surface area contributed by atoms with Gasteiger partial charge in [-0.2, -0.15) is 5.26 Å². The van der Waals surface area contributed by atoms with Gasteiger partial charge in [-0.1, -0.05) is 0 Å². The first-order valence-electron chi connectivity index (χ1n) is 3.83. The molecule has 0 radical (unpaired) electrons. The van der Waals surface area contributed by atoms with Crippen LogP contribution in [0.4, 0.5) is 0 Å². The van der Waals surface area contributed by atoms with Crippen molar-refractivity contribution in [2.75, 3.05) is 0 Å². The lowest BCUT2D eigenvalue weighted by Crippen LogP contribution is -1.97. The van der Waals surface area contributed by atoms with Gasteiger partial charge < -0.3 is 5.11 Å². The summed E-state index contributed by atoms with van der Waals surface area (Å²) >= 11 is 1.37. The van der Waals surface area contributed by atoms with Crippen molar-refractivity contribution < 1.29 is 9.90 Å². The normalized spacial score (nSPS) is 11.1. The average molecular weight is 208 g/mol. The number of carboxylic acid groups (broad SMARTS) is 1. The van der Waals surface area contributed by atoms with Gasteiger partial charge in [-0.3, -0.25) is 0 Å². The Hall–Kier alpha value is -1.67. The lowest BCUT2D eigenvalue weighted by atomic mass is 10.2. The maximum absolute atomic E-state index is 10.5. The Morgan fingerprint density at radius 2 is 2.29 bits per heavy atom.